The molecule has 0 aliphatic heterocycles. The molecule has 0 atom stereocenters. The van der Waals surface area contributed by atoms with Crippen LogP contribution in [0.25, 0.3) is 0 Å². The Morgan fingerprint density at radius 2 is 2.16 bits per heavy atom. The van der Waals surface area contributed by atoms with Crippen molar-refractivity contribution in [3.05, 3.63) is 34.6 Å². The molecule has 0 aliphatic carbocycles. The third-order valence-electron chi connectivity index (χ3n) is 1.87. The van der Waals surface area contributed by atoms with Gasteiger partial charge in [0.05, 0.1) is 12.1 Å². The summed E-state index contributed by atoms with van der Waals surface area (Å²) in [5, 5.41) is 2.86. The lowest BCUT2D eigenvalue weighted by atomic mass is 10.2. The van der Waals surface area contributed by atoms with E-state index in [0.29, 0.717) is 5.02 Å². The summed E-state index contributed by atoms with van der Waals surface area (Å²) in [5.74, 6) is 4.77. The van der Waals surface area contributed by atoms with Gasteiger partial charge in [0.25, 0.3) is 0 Å². The van der Waals surface area contributed by atoms with Crippen LogP contribution in [0.5, 0.6) is 0 Å². The van der Waals surface area contributed by atoms with Crippen LogP contribution >= 0.6 is 11.6 Å². The van der Waals surface area contributed by atoms with E-state index in [9.17, 15) is 9.18 Å². The summed E-state index contributed by atoms with van der Waals surface area (Å²) in [5.41, 5.74) is -0.366. The summed E-state index contributed by atoms with van der Waals surface area (Å²) in [6.45, 7) is 5.36. The van der Waals surface area contributed by atoms with E-state index in [-0.39, 0.29) is 12.1 Å². The molecular weight excluding hydrogens is 269 g/mol. The van der Waals surface area contributed by atoms with Crippen LogP contribution in [0.3, 0.4) is 0 Å². The van der Waals surface area contributed by atoms with Crippen LogP contribution in [0.15, 0.2) is 18.2 Å². The minimum atomic E-state index is -0.562. The summed E-state index contributed by atoms with van der Waals surface area (Å²) in [7, 11) is 0. The Labute approximate surface area is 117 Å². The number of hydrogen-bond donors (Lipinski definition) is 1. The molecule has 1 rings (SSSR count). The molecule has 5 heteroatoms. The predicted molar refractivity (Wildman–Crippen MR) is 72.5 cm³/mol. The maximum atomic E-state index is 13.3. The fourth-order valence-electron chi connectivity index (χ4n) is 1.16. The van der Waals surface area contributed by atoms with Crippen molar-refractivity contribution in [2.24, 2.45) is 0 Å². The molecule has 0 unspecified atom stereocenters. The van der Waals surface area contributed by atoms with E-state index in [2.05, 4.69) is 17.2 Å². The van der Waals surface area contributed by atoms with Gasteiger partial charge in [-0.2, -0.15) is 0 Å². The minimum absolute atomic E-state index is 0.0703. The third-order valence-corrected chi connectivity index (χ3v) is 2.11. The van der Waals surface area contributed by atoms with Crippen LogP contribution in [0.2, 0.25) is 5.02 Å². The van der Waals surface area contributed by atoms with Crippen LogP contribution in [0.4, 0.5) is 9.18 Å². The highest BCUT2D eigenvalue weighted by atomic mass is 35.5. The normalized spacial score (nSPS) is 10.4. The number of alkyl carbamates (subject to hydrolysis) is 1. The van der Waals surface area contributed by atoms with Gasteiger partial charge < -0.3 is 10.1 Å². The number of ether oxygens (including phenoxy) is 1. The Balaban J connectivity index is 2.52. The van der Waals surface area contributed by atoms with Crippen molar-refractivity contribution in [1.82, 2.24) is 5.32 Å². The van der Waals surface area contributed by atoms with Gasteiger partial charge in [0.1, 0.15) is 11.4 Å². The van der Waals surface area contributed by atoms with Gasteiger partial charge >= 0.3 is 6.09 Å². The number of hydrogen-bond acceptors (Lipinski definition) is 2. The van der Waals surface area contributed by atoms with E-state index in [0.717, 1.165) is 0 Å². The average Bonchev–Trinajstić information content (AvgIpc) is 2.26. The van der Waals surface area contributed by atoms with Crippen molar-refractivity contribution < 1.29 is 13.9 Å². The van der Waals surface area contributed by atoms with Crippen LogP contribution in [-0.2, 0) is 4.74 Å². The molecule has 1 amide bonds. The number of carbonyl (C=O) groups is 1. The highest BCUT2D eigenvalue weighted by Gasteiger charge is 2.14. The number of benzene rings is 1. The zero-order valence-corrected chi connectivity index (χ0v) is 11.8. The molecule has 1 aromatic rings. The molecule has 0 radical (unpaired) electrons. The summed E-state index contributed by atoms with van der Waals surface area (Å²) in [4.78, 5) is 11.3. The molecule has 0 bridgehead atoms. The third kappa shape index (κ3) is 6.12. The van der Waals surface area contributed by atoms with Gasteiger partial charge in [0, 0.05) is 5.02 Å². The van der Waals surface area contributed by atoms with Crippen LogP contribution in [0.1, 0.15) is 26.3 Å². The number of nitrogens with one attached hydrogen (secondary N) is 1. The van der Waals surface area contributed by atoms with Gasteiger partial charge in [0.2, 0.25) is 0 Å². The SMILES string of the molecule is CC(C)(C)OC(=O)NCC#Cc1cc(Cl)ccc1F. The fourth-order valence-corrected chi connectivity index (χ4v) is 1.34. The average molecular weight is 284 g/mol. The standard InChI is InChI=1S/C14H15ClFNO2/c1-14(2,3)19-13(18)17-8-4-5-10-9-11(15)6-7-12(10)16/h6-7,9H,8H2,1-3H3,(H,17,18). The summed E-state index contributed by atoms with van der Waals surface area (Å²) in [6, 6.07) is 4.12. The minimum Gasteiger partial charge on any atom is -0.444 e. The lowest BCUT2D eigenvalue weighted by Crippen LogP contribution is -2.32. The second-order valence-electron chi connectivity index (χ2n) is 4.78. The Kier molecular flexibility index (Phi) is 5.20. The van der Waals surface area contributed by atoms with Crippen molar-refractivity contribution in [3.63, 3.8) is 0 Å². The van der Waals surface area contributed by atoms with E-state index >= 15 is 0 Å². The molecule has 0 heterocycles. The van der Waals surface area contributed by atoms with Crippen LogP contribution in [0, 0.1) is 17.7 Å². The zero-order valence-electron chi connectivity index (χ0n) is 11.0. The van der Waals surface area contributed by atoms with Crippen LogP contribution < -0.4 is 5.32 Å². The second kappa shape index (κ2) is 6.44. The van der Waals surface area contributed by atoms with Crippen LogP contribution in [-0.4, -0.2) is 18.2 Å². The maximum Gasteiger partial charge on any atom is 0.408 e. The molecule has 0 aromatic heterocycles. The molecule has 102 valence electrons. The molecule has 0 spiro atoms. The number of rotatable bonds is 1. The number of carbonyl (C=O) groups excluding carboxylic acids is 1. The molecule has 3 nitrogen and oxygen atoms in total. The highest BCUT2D eigenvalue weighted by molar-refractivity contribution is 6.30. The van der Waals surface area contributed by atoms with Crippen molar-refractivity contribution in [2.75, 3.05) is 6.54 Å². The van der Waals surface area contributed by atoms with Gasteiger partial charge in [0.15, 0.2) is 0 Å². The Morgan fingerprint density at radius 3 is 2.79 bits per heavy atom. The first-order valence-electron chi connectivity index (χ1n) is 5.69. The summed E-state index contributed by atoms with van der Waals surface area (Å²) >= 11 is 5.73. The molecule has 1 aromatic carbocycles. The first-order chi connectivity index (χ1) is 8.78. The van der Waals surface area contributed by atoms with Gasteiger partial charge in [-0.15, -0.1) is 0 Å². The molecule has 0 saturated heterocycles. The van der Waals surface area contributed by atoms with Gasteiger partial charge in [-0.25, -0.2) is 9.18 Å². The van der Waals surface area contributed by atoms with Gasteiger partial charge in [-0.3, -0.25) is 0 Å². The smallest absolute Gasteiger partial charge is 0.408 e. The monoisotopic (exact) mass is 283 g/mol. The van der Waals surface area contributed by atoms with Gasteiger partial charge in [-0.1, -0.05) is 23.4 Å². The molecule has 0 saturated carbocycles. The molecule has 0 fully saturated rings. The first kappa shape index (κ1) is 15.3. The maximum absolute atomic E-state index is 13.3. The van der Waals surface area contributed by atoms with E-state index < -0.39 is 17.5 Å². The zero-order chi connectivity index (χ0) is 14.5. The van der Waals surface area contributed by atoms with Crippen molar-refractivity contribution >= 4 is 17.7 Å². The molecule has 19 heavy (non-hydrogen) atoms. The van der Waals surface area contributed by atoms with Crippen molar-refractivity contribution in [3.8, 4) is 11.8 Å². The second-order valence-corrected chi connectivity index (χ2v) is 5.22. The lowest BCUT2D eigenvalue weighted by molar-refractivity contribution is 0.0535. The quantitative estimate of drug-likeness (QED) is 0.803. The Hall–Kier alpha value is -1.73. The number of halogens is 2. The highest BCUT2D eigenvalue weighted by Crippen LogP contribution is 2.13. The molecule has 0 aliphatic rings. The summed E-state index contributed by atoms with van der Waals surface area (Å²) in [6.07, 6.45) is -0.562. The summed E-state index contributed by atoms with van der Waals surface area (Å²) < 4.78 is 18.3. The lowest BCUT2D eigenvalue weighted by Gasteiger charge is -2.18. The topological polar surface area (TPSA) is 38.3 Å². The van der Waals surface area contributed by atoms with E-state index in [1.54, 1.807) is 20.8 Å². The molecular formula is C14H15ClFNO2. The van der Waals surface area contributed by atoms with E-state index in [1.165, 1.54) is 18.2 Å². The van der Waals surface area contributed by atoms with Crippen molar-refractivity contribution in [1.29, 1.82) is 0 Å². The van der Waals surface area contributed by atoms with E-state index in [4.69, 9.17) is 16.3 Å². The fraction of sp³-hybridized carbons (Fsp3) is 0.357. The van der Waals surface area contributed by atoms with Crippen molar-refractivity contribution in [2.45, 2.75) is 26.4 Å². The Bertz CT molecular complexity index is 526. The Morgan fingerprint density at radius 1 is 1.47 bits per heavy atom. The predicted octanol–water partition coefficient (Wildman–Crippen LogP) is 3.36. The largest absolute Gasteiger partial charge is 0.444 e. The molecule has 1 N–H and O–H groups in total. The number of amides is 1. The first-order valence-corrected chi connectivity index (χ1v) is 6.06. The van der Waals surface area contributed by atoms with E-state index in [1.807, 2.05) is 0 Å². The van der Waals surface area contributed by atoms with Gasteiger partial charge in [-0.05, 0) is 39.0 Å².